The largest absolute Gasteiger partial charge is 0.457 e. The predicted molar refractivity (Wildman–Crippen MR) is 81.9 cm³/mol. The highest BCUT2D eigenvalue weighted by atomic mass is 19.4. The van der Waals surface area contributed by atoms with Crippen LogP contribution in [0, 0.1) is 5.92 Å². The first-order valence-electron chi connectivity index (χ1n) is 7.38. The fourth-order valence-corrected chi connectivity index (χ4v) is 2.59. The molecule has 0 saturated carbocycles. The summed E-state index contributed by atoms with van der Waals surface area (Å²) in [5.74, 6) is 0.0584. The van der Waals surface area contributed by atoms with E-state index in [9.17, 15) is 17.7 Å². The lowest BCUT2D eigenvalue weighted by molar-refractivity contribution is -0.168. The number of anilines is 2. The van der Waals surface area contributed by atoms with Gasteiger partial charge in [0.25, 0.3) is 0 Å². The molecule has 1 unspecified atom stereocenters. The van der Waals surface area contributed by atoms with Crippen molar-refractivity contribution in [2.45, 2.75) is 12.6 Å². The topological polar surface area (TPSA) is 37.4 Å². The zero-order chi connectivity index (χ0) is 17.2. The van der Waals surface area contributed by atoms with Crippen molar-refractivity contribution < 1.29 is 22.4 Å². The predicted octanol–water partition coefficient (Wildman–Crippen LogP) is 4.56. The van der Waals surface area contributed by atoms with Crippen molar-refractivity contribution in [1.29, 1.82) is 0 Å². The summed E-state index contributed by atoms with van der Waals surface area (Å²) in [5.41, 5.74) is 1.82. The van der Waals surface area contributed by atoms with Crippen LogP contribution in [0.5, 0.6) is 11.5 Å². The van der Waals surface area contributed by atoms with Crippen LogP contribution in [-0.2, 0) is 0 Å². The number of halogens is 4. The first-order chi connectivity index (χ1) is 11.5. The van der Waals surface area contributed by atoms with E-state index in [4.69, 9.17) is 4.74 Å². The molecule has 0 radical (unpaired) electrons. The van der Waals surface area contributed by atoms with Crippen molar-refractivity contribution in [2.24, 2.45) is 5.92 Å². The third-order valence-electron chi connectivity index (χ3n) is 3.89. The van der Waals surface area contributed by atoms with Gasteiger partial charge in [0.1, 0.15) is 17.3 Å². The van der Waals surface area contributed by atoms with Crippen molar-refractivity contribution >= 4 is 11.5 Å². The molecule has 1 saturated heterocycles. The number of benzene rings is 1. The second-order valence-electron chi connectivity index (χ2n) is 5.54. The van der Waals surface area contributed by atoms with Gasteiger partial charge < -0.3 is 9.64 Å². The average molecular weight is 341 g/mol. The van der Waals surface area contributed by atoms with E-state index in [0.29, 0.717) is 29.5 Å². The summed E-state index contributed by atoms with van der Waals surface area (Å²) in [6.07, 6.45) is -2.63. The van der Waals surface area contributed by atoms with Crippen LogP contribution in [0.25, 0.3) is 0 Å². The first-order valence-corrected chi connectivity index (χ1v) is 7.38. The fraction of sp³-hybridized carbons (Fsp3) is 0.312. The van der Waals surface area contributed by atoms with Crippen LogP contribution in [0.2, 0.25) is 0 Å². The molecule has 8 heteroatoms. The molecule has 3 rings (SSSR count). The summed E-state index contributed by atoms with van der Waals surface area (Å²) < 4.78 is 56.2. The van der Waals surface area contributed by atoms with Crippen molar-refractivity contribution in [1.82, 2.24) is 4.98 Å². The Morgan fingerprint density at radius 2 is 1.88 bits per heavy atom. The molecule has 2 heterocycles. The lowest BCUT2D eigenvalue weighted by Crippen LogP contribution is -2.27. The maximum absolute atomic E-state index is 12.8. The van der Waals surface area contributed by atoms with E-state index in [1.54, 1.807) is 29.2 Å². The molecule has 0 amide bonds. The summed E-state index contributed by atoms with van der Waals surface area (Å²) in [4.78, 5) is 5.72. The smallest absolute Gasteiger partial charge is 0.393 e. The number of aromatic nitrogens is 1. The normalized spacial score (nSPS) is 17.8. The van der Waals surface area contributed by atoms with Crippen LogP contribution < -0.4 is 15.2 Å². The van der Waals surface area contributed by atoms with Crippen molar-refractivity contribution in [3.05, 3.63) is 42.6 Å². The zero-order valence-corrected chi connectivity index (χ0v) is 12.6. The fourth-order valence-electron chi connectivity index (χ4n) is 2.59. The van der Waals surface area contributed by atoms with E-state index < -0.39 is 12.1 Å². The number of alkyl halides is 3. The molecule has 128 valence electrons. The summed E-state index contributed by atoms with van der Waals surface area (Å²) in [6, 6.07) is 9.38. The van der Waals surface area contributed by atoms with Gasteiger partial charge in [0, 0.05) is 25.4 Å². The number of hydrogen-bond acceptors (Lipinski definition) is 4. The lowest BCUT2D eigenvalue weighted by atomic mass is 10.1. The quantitative estimate of drug-likeness (QED) is 0.653. The van der Waals surface area contributed by atoms with Crippen molar-refractivity contribution in [3.63, 3.8) is 0 Å². The molecule has 0 spiro atoms. The summed E-state index contributed by atoms with van der Waals surface area (Å²) in [7, 11) is 0. The number of ether oxygens (including phenoxy) is 1. The number of nitrogens with zero attached hydrogens (tertiary/aromatic N) is 2. The second-order valence-corrected chi connectivity index (χ2v) is 5.54. The molecular formula is C16H15F4N3O. The Labute approximate surface area is 136 Å². The Hall–Kier alpha value is -2.51. The van der Waals surface area contributed by atoms with E-state index in [2.05, 4.69) is 4.98 Å². The van der Waals surface area contributed by atoms with Gasteiger partial charge in [0.15, 0.2) is 0 Å². The Kier molecular flexibility index (Phi) is 4.46. The molecule has 0 aliphatic carbocycles. The molecule has 1 aliphatic rings. The monoisotopic (exact) mass is 341 g/mol. The van der Waals surface area contributed by atoms with Gasteiger partial charge >= 0.3 is 6.18 Å². The highest BCUT2D eigenvalue weighted by Crippen LogP contribution is 2.35. The van der Waals surface area contributed by atoms with Crippen LogP contribution in [-0.4, -0.2) is 24.2 Å². The minimum Gasteiger partial charge on any atom is -0.457 e. The Morgan fingerprint density at radius 1 is 1.12 bits per heavy atom. The van der Waals surface area contributed by atoms with Crippen molar-refractivity contribution in [2.75, 3.05) is 23.5 Å². The molecule has 1 fully saturated rings. The number of nitrogens with one attached hydrogen (secondary N) is 1. The summed E-state index contributed by atoms with van der Waals surface area (Å²) >= 11 is 0. The molecule has 1 aromatic heterocycles. The Morgan fingerprint density at radius 3 is 2.50 bits per heavy atom. The lowest BCUT2D eigenvalue weighted by Gasteiger charge is -2.19. The molecule has 4 nitrogen and oxygen atoms in total. The Balaban J connectivity index is 1.70. The molecular weight excluding hydrogens is 326 g/mol. The van der Waals surface area contributed by atoms with E-state index in [1.165, 1.54) is 23.9 Å². The first kappa shape index (κ1) is 16.4. The zero-order valence-electron chi connectivity index (χ0n) is 12.6. The van der Waals surface area contributed by atoms with Crippen LogP contribution in [0.4, 0.5) is 29.2 Å². The maximum atomic E-state index is 12.8. The van der Waals surface area contributed by atoms with Crippen LogP contribution in [0.3, 0.4) is 0 Å². The average Bonchev–Trinajstić information content (AvgIpc) is 3.06. The van der Waals surface area contributed by atoms with Crippen LogP contribution >= 0.6 is 0 Å². The van der Waals surface area contributed by atoms with E-state index in [0.717, 1.165) is 0 Å². The minimum atomic E-state index is -4.19. The van der Waals surface area contributed by atoms with Crippen molar-refractivity contribution in [3.8, 4) is 11.5 Å². The molecule has 24 heavy (non-hydrogen) atoms. The summed E-state index contributed by atoms with van der Waals surface area (Å²) in [6.45, 7) is 0.203. The van der Waals surface area contributed by atoms with Gasteiger partial charge in [0.2, 0.25) is 0 Å². The van der Waals surface area contributed by atoms with E-state index in [-0.39, 0.29) is 13.0 Å². The van der Waals surface area contributed by atoms with Crippen LogP contribution in [0.1, 0.15) is 6.42 Å². The number of rotatable bonds is 4. The molecule has 2 aromatic rings. The van der Waals surface area contributed by atoms with Gasteiger partial charge in [-0.2, -0.15) is 13.2 Å². The third-order valence-corrected chi connectivity index (χ3v) is 3.89. The Bertz CT molecular complexity index is 690. The van der Waals surface area contributed by atoms with E-state index in [1.807, 2.05) is 0 Å². The molecule has 1 atom stereocenters. The highest BCUT2D eigenvalue weighted by molar-refractivity contribution is 5.48. The van der Waals surface area contributed by atoms with Crippen LogP contribution in [0.15, 0.2) is 42.6 Å². The van der Waals surface area contributed by atoms with Gasteiger partial charge in [-0.15, -0.1) is 4.48 Å². The summed E-state index contributed by atoms with van der Waals surface area (Å²) in [5, 5.41) is 0. The molecule has 1 N–H and O–H groups in total. The minimum absolute atomic E-state index is 0.0635. The number of pyridine rings is 1. The number of hydrogen-bond donors (Lipinski definition) is 1. The van der Waals surface area contributed by atoms with Gasteiger partial charge in [-0.3, -0.25) is 0 Å². The van der Waals surface area contributed by atoms with Gasteiger partial charge in [-0.25, -0.2) is 10.5 Å². The van der Waals surface area contributed by atoms with E-state index >= 15 is 0 Å². The standard InChI is InChI=1S/C16H15F4N3O/c17-16(18,19)11-6-8-23(10-11)15-9-14(5-7-21-15)24-13-3-1-12(22-20)2-4-13/h1-5,7,9,11,22H,6,8,10H2. The SMILES string of the molecule is FNc1ccc(Oc2ccnc(N3CCC(C(F)(F)F)C3)c2)cc1. The highest BCUT2D eigenvalue weighted by Gasteiger charge is 2.43. The third kappa shape index (κ3) is 3.69. The molecule has 1 aromatic carbocycles. The molecule has 0 bridgehead atoms. The van der Waals surface area contributed by atoms with Gasteiger partial charge in [-0.1, -0.05) is 0 Å². The maximum Gasteiger partial charge on any atom is 0.393 e. The van der Waals surface area contributed by atoms with Gasteiger partial charge in [0.05, 0.1) is 11.6 Å². The molecule has 1 aliphatic heterocycles. The van der Waals surface area contributed by atoms with Gasteiger partial charge in [-0.05, 0) is 36.8 Å². The second kappa shape index (κ2) is 6.54.